The van der Waals surface area contributed by atoms with Crippen molar-refractivity contribution in [2.45, 2.75) is 71.4 Å². The number of nitrogens with two attached hydrogens (primary N) is 1. The van der Waals surface area contributed by atoms with Crippen molar-refractivity contribution < 1.29 is 4.74 Å². The van der Waals surface area contributed by atoms with Crippen molar-refractivity contribution >= 4 is 0 Å². The third-order valence-corrected chi connectivity index (χ3v) is 4.64. The van der Waals surface area contributed by atoms with Crippen LogP contribution in [0.1, 0.15) is 64.0 Å². The summed E-state index contributed by atoms with van der Waals surface area (Å²) in [6.45, 7) is 9.46. The fraction of sp³-hybridized carbons (Fsp3) is 0.684. The van der Waals surface area contributed by atoms with Crippen LogP contribution in [0.25, 0.3) is 0 Å². The molecule has 0 fully saturated rings. The van der Waals surface area contributed by atoms with Gasteiger partial charge in [-0.1, -0.05) is 45.0 Å². The predicted octanol–water partition coefficient (Wildman–Crippen LogP) is 4.28. The van der Waals surface area contributed by atoms with Crippen molar-refractivity contribution in [2.75, 3.05) is 6.61 Å². The predicted molar refractivity (Wildman–Crippen MR) is 89.6 cm³/mol. The first kappa shape index (κ1) is 16.5. The van der Waals surface area contributed by atoms with E-state index < -0.39 is 0 Å². The first-order valence-corrected chi connectivity index (χ1v) is 8.38. The molecule has 0 aliphatic heterocycles. The van der Waals surface area contributed by atoms with Gasteiger partial charge < -0.3 is 10.5 Å². The van der Waals surface area contributed by atoms with Crippen LogP contribution in [0.15, 0.2) is 24.3 Å². The number of rotatable bonds is 5. The Balaban J connectivity index is 2.10. The van der Waals surface area contributed by atoms with Gasteiger partial charge in [0.15, 0.2) is 0 Å². The van der Waals surface area contributed by atoms with E-state index in [0.29, 0.717) is 5.92 Å². The molecule has 2 rings (SSSR count). The number of fused-ring (bicyclic) bond motifs is 1. The van der Waals surface area contributed by atoms with Gasteiger partial charge in [-0.05, 0) is 55.1 Å². The average Bonchev–Trinajstić information content (AvgIpc) is 2.44. The van der Waals surface area contributed by atoms with Gasteiger partial charge in [0.2, 0.25) is 0 Å². The van der Waals surface area contributed by atoms with Gasteiger partial charge in [-0.15, -0.1) is 0 Å². The molecule has 21 heavy (non-hydrogen) atoms. The van der Waals surface area contributed by atoms with E-state index in [1.165, 1.54) is 30.4 Å². The van der Waals surface area contributed by atoms with Crippen LogP contribution in [-0.4, -0.2) is 18.8 Å². The largest absolute Gasteiger partial charge is 0.376 e. The summed E-state index contributed by atoms with van der Waals surface area (Å²) in [4.78, 5) is 0. The Kier molecular flexibility index (Phi) is 5.45. The molecule has 3 unspecified atom stereocenters. The van der Waals surface area contributed by atoms with Crippen molar-refractivity contribution in [2.24, 2.45) is 11.1 Å². The Labute approximate surface area is 130 Å². The van der Waals surface area contributed by atoms with Crippen LogP contribution < -0.4 is 5.73 Å². The number of benzene rings is 1. The van der Waals surface area contributed by atoms with Crippen LogP contribution in [0.4, 0.5) is 0 Å². The minimum absolute atomic E-state index is 0.0869. The molecule has 0 bridgehead atoms. The van der Waals surface area contributed by atoms with Crippen LogP contribution in [-0.2, 0) is 11.2 Å². The highest BCUT2D eigenvalue weighted by atomic mass is 16.5. The van der Waals surface area contributed by atoms with Gasteiger partial charge in [0, 0.05) is 12.6 Å². The summed E-state index contributed by atoms with van der Waals surface area (Å²) in [5.74, 6) is 0.593. The standard InChI is InChI=1S/C19H31NO/c1-5-21-18(19(2,3)4)17(20)13-15-11-8-10-14-9-6-7-12-16(14)15/h6-7,9,12,15,17-18H,5,8,10-11,13,20H2,1-4H3. The lowest BCUT2D eigenvalue weighted by atomic mass is 9.76. The van der Waals surface area contributed by atoms with Crippen LogP contribution in [0.2, 0.25) is 0 Å². The van der Waals surface area contributed by atoms with E-state index in [4.69, 9.17) is 10.5 Å². The fourth-order valence-electron chi connectivity index (χ4n) is 3.75. The van der Waals surface area contributed by atoms with E-state index in [1.54, 1.807) is 0 Å². The minimum Gasteiger partial charge on any atom is -0.376 e. The first-order chi connectivity index (χ1) is 9.93. The van der Waals surface area contributed by atoms with Crippen molar-refractivity contribution in [1.29, 1.82) is 0 Å². The van der Waals surface area contributed by atoms with E-state index in [2.05, 4.69) is 52.0 Å². The number of hydrogen-bond acceptors (Lipinski definition) is 2. The lowest BCUT2D eigenvalue weighted by Gasteiger charge is -2.37. The molecule has 1 aliphatic carbocycles. The highest BCUT2D eigenvalue weighted by Crippen LogP contribution is 2.36. The third-order valence-electron chi connectivity index (χ3n) is 4.64. The van der Waals surface area contributed by atoms with Gasteiger partial charge in [-0.3, -0.25) is 0 Å². The molecular weight excluding hydrogens is 258 g/mol. The lowest BCUT2D eigenvalue weighted by Crippen LogP contribution is -2.46. The van der Waals surface area contributed by atoms with Gasteiger partial charge >= 0.3 is 0 Å². The molecule has 1 aromatic carbocycles. The van der Waals surface area contributed by atoms with E-state index in [1.807, 2.05) is 0 Å². The Morgan fingerprint density at radius 2 is 2.00 bits per heavy atom. The number of ether oxygens (including phenoxy) is 1. The average molecular weight is 289 g/mol. The first-order valence-electron chi connectivity index (χ1n) is 8.38. The molecule has 0 saturated heterocycles. The summed E-state index contributed by atoms with van der Waals surface area (Å²) >= 11 is 0. The van der Waals surface area contributed by atoms with E-state index in [-0.39, 0.29) is 17.6 Å². The summed E-state index contributed by atoms with van der Waals surface area (Å²) in [6, 6.07) is 8.97. The maximum Gasteiger partial charge on any atom is 0.0774 e. The second-order valence-electron chi connectivity index (χ2n) is 7.43. The van der Waals surface area contributed by atoms with Crippen molar-refractivity contribution in [3.8, 4) is 0 Å². The van der Waals surface area contributed by atoms with Gasteiger partial charge in [0.25, 0.3) is 0 Å². The quantitative estimate of drug-likeness (QED) is 0.878. The highest BCUT2D eigenvalue weighted by molar-refractivity contribution is 5.32. The third kappa shape index (κ3) is 4.08. The highest BCUT2D eigenvalue weighted by Gasteiger charge is 2.33. The molecule has 0 amide bonds. The van der Waals surface area contributed by atoms with Crippen LogP contribution in [0.5, 0.6) is 0 Å². The molecule has 1 aliphatic rings. The van der Waals surface area contributed by atoms with Crippen LogP contribution in [0.3, 0.4) is 0 Å². The summed E-state index contributed by atoms with van der Waals surface area (Å²) in [5, 5.41) is 0. The summed E-state index contributed by atoms with van der Waals surface area (Å²) in [5.41, 5.74) is 9.68. The normalized spacial score (nSPS) is 21.7. The van der Waals surface area contributed by atoms with Gasteiger partial charge in [-0.25, -0.2) is 0 Å². The molecule has 2 heteroatoms. The van der Waals surface area contributed by atoms with Crippen LogP contribution in [0, 0.1) is 5.41 Å². The van der Waals surface area contributed by atoms with Crippen molar-refractivity contribution in [1.82, 2.24) is 0 Å². The molecule has 0 heterocycles. The summed E-state index contributed by atoms with van der Waals surface area (Å²) in [6.07, 6.45) is 4.91. The second kappa shape index (κ2) is 6.93. The molecule has 118 valence electrons. The molecule has 2 N–H and O–H groups in total. The maximum atomic E-state index is 6.55. The molecule has 0 saturated carbocycles. The lowest BCUT2D eigenvalue weighted by molar-refractivity contribution is -0.0305. The van der Waals surface area contributed by atoms with E-state index in [9.17, 15) is 0 Å². The number of hydrogen-bond donors (Lipinski definition) is 1. The SMILES string of the molecule is CCOC(C(N)CC1CCCc2ccccc21)C(C)(C)C. The number of aryl methyl sites for hydroxylation is 1. The van der Waals surface area contributed by atoms with E-state index >= 15 is 0 Å². The molecular formula is C19H31NO. The second-order valence-corrected chi connectivity index (χ2v) is 7.43. The molecule has 3 atom stereocenters. The zero-order valence-electron chi connectivity index (χ0n) is 14.1. The van der Waals surface area contributed by atoms with Crippen LogP contribution >= 0.6 is 0 Å². The Morgan fingerprint density at radius 1 is 1.29 bits per heavy atom. The van der Waals surface area contributed by atoms with Crippen molar-refractivity contribution in [3.63, 3.8) is 0 Å². The summed E-state index contributed by atoms with van der Waals surface area (Å²) in [7, 11) is 0. The zero-order valence-corrected chi connectivity index (χ0v) is 14.1. The maximum absolute atomic E-state index is 6.55. The monoisotopic (exact) mass is 289 g/mol. The minimum atomic E-state index is 0.0869. The molecule has 0 radical (unpaired) electrons. The Hall–Kier alpha value is -0.860. The van der Waals surface area contributed by atoms with Gasteiger partial charge in [0.1, 0.15) is 0 Å². The summed E-state index contributed by atoms with van der Waals surface area (Å²) < 4.78 is 5.97. The van der Waals surface area contributed by atoms with Gasteiger partial charge in [-0.2, -0.15) is 0 Å². The molecule has 0 aromatic heterocycles. The smallest absolute Gasteiger partial charge is 0.0774 e. The molecule has 1 aromatic rings. The topological polar surface area (TPSA) is 35.2 Å². The molecule has 2 nitrogen and oxygen atoms in total. The van der Waals surface area contributed by atoms with E-state index in [0.717, 1.165) is 13.0 Å². The van der Waals surface area contributed by atoms with Gasteiger partial charge in [0.05, 0.1) is 6.10 Å². The fourth-order valence-corrected chi connectivity index (χ4v) is 3.75. The Morgan fingerprint density at radius 3 is 2.67 bits per heavy atom. The Bertz CT molecular complexity index is 449. The van der Waals surface area contributed by atoms with Crippen molar-refractivity contribution in [3.05, 3.63) is 35.4 Å². The zero-order chi connectivity index (χ0) is 15.5. The molecule has 0 spiro atoms.